The Hall–Kier alpha value is -2.78. The van der Waals surface area contributed by atoms with Gasteiger partial charge in [-0.2, -0.15) is 13.2 Å². The zero-order valence-corrected chi connectivity index (χ0v) is 19.6. The molecule has 2 aliphatic rings. The number of urea groups is 1. The lowest BCUT2D eigenvalue weighted by atomic mass is 10.0. The topological polar surface area (TPSA) is 48.1 Å². The maximum absolute atomic E-state index is 13.9. The van der Waals surface area contributed by atoms with Crippen LogP contribution in [-0.2, 0) is 19.1 Å². The normalized spacial score (nSPS) is 17.7. The fourth-order valence-electron chi connectivity index (χ4n) is 4.56. The molecule has 0 spiro atoms. The van der Waals surface area contributed by atoms with Gasteiger partial charge in [0, 0.05) is 50.6 Å². The minimum absolute atomic E-state index is 0.138. The number of nitrogens with one attached hydrogen (secondary N) is 1. The molecule has 1 fully saturated rings. The van der Waals surface area contributed by atoms with Crippen LogP contribution in [0.5, 0.6) is 5.75 Å². The number of alkyl halides is 3. The van der Waals surface area contributed by atoms with Crippen LogP contribution in [-0.4, -0.2) is 62.7 Å². The van der Waals surface area contributed by atoms with Gasteiger partial charge in [0.15, 0.2) is 0 Å². The number of rotatable bonds is 4. The minimum Gasteiger partial charge on any atom is -0.497 e. The van der Waals surface area contributed by atoms with Gasteiger partial charge < -0.3 is 15.0 Å². The standard InChI is InChI=1S/C25H31F3N4O2/c1-30-11-13-31(14-12-30)17-19-6-7-20(16-22(19)25(26,27)28)29-24(33)32-10-4-3-5-18-15-21(34-2)8-9-23(18)32/h6-9,15-16H,3-5,10-14,17H2,1-2H3,(H,29,33). The van der Waals surface area contributed by atoms with E-state index in [-0.39, 0.29) is 17.8 Å². The van der Waals surface area contributed by atoms with E-state index in [1.807, 2.05) is 24.1 Å². The molecule has 0 atom stereocenters. The molecule has 6 nitrogen and oxygen atoms in total. The predicted molar refractivity (Wildman–Crippen MR) is 127 cm³/mol. The Kier molecular flexibility index (Phi) is 7.33. The van der Waals surface area contributed by atoms with Gasteiger partial charge in [0.25, 0.3) is 0 Å². The number of carbonyl (C=O) groups excluding carboxylic acids is 1. The number of amides is 2. The van der Waals surface area contributed by atoms with Gasteiger partial charge in [-0.25, -0.2) is 4.79 Å². The second-order valence-corrected chi connectivity index (χ2v) is 8.98. The first-order chi connectivity index (χ1) is 16.2. The van der Waals surface area contributed by atoms with Crippen LogP contribution in [0, 0.1) is 0 Å². The van der Waals surface area contributed by atoms with Gasteiger partial charge in [-0.1, -0.05) is 6.07 Å². The van der Waals surface area contributed by atoms with E-state index in [0.717, 1.165) is 62.8 Å². The number of benzene rings is 2. The molecule has 184 valence electrons. The molecule has 0 aromatic heterocycles. The van der Waals surface area contributed by atoms with Crippen molar-refractivity contribution in [2.45, 2.75) is 32.0 Å². The maximum atomic E-state index is 13.9. The molecule has 34 heavy (non-hydrogen) atoms. The van der Waals surface area contributed by atoms with Crippen LogP contribution in [0.25, 0.3) is 0 Å². The van der Waals surface area contributed by atoms with Crippen molar-refractivity contribution in [1.29, 1.82) is 0 Å². The highest BCUT2D eigenvalue weighted by atomic mass is 19.4. The molecule has 0 aliphatic carbocycles. The first kappa shape index (κ1) is 24.3. The summed E-state index contributed by atoms with van der Waals surface area (Å²) in [5.74, 6) is 0.715. The predicted octanol–water partition coefficient (Wildman–Crippen LogP) is 4.84. The molecule has 0 bridgehead atoms. The lowest BCUT2D eigenvalue weighted by molar-refractivity contribution is -0.138. The largest absolute Gasteiger partial charge is 0.497 e. The third-order valence-corrected chi connectivity index (χ3v) is 6.56. The van der Waals surface area contributed by atoms with E-state index >= 15 is 0 Å². The fraction of sp³-hybridized carbons (Fsp3) is 0.480. The second-order valence-electron chi connectivity index (χ2n) is 8.98. The van der Waals surface area contributed by atoms with Crippen LogP contribution in [0.1, 0.15) is 29.5 Å². The third kappa shape index (κ3) is 5.64. The minimum atomic E-state index is -4.51. The molecule has 4 rings (SSSR count). The summed E-state index contributed by atoms with van der Waals surface area (Å²) in [6.07, 6.45) is -1.96. The third-order valence-electron chi connectivity index (χ3n) is 6.56. The van der Waals surface area contributed by atoms with Crippen LogP contribution in [0.3, 0.4) is 0 Å². The Morgan fingerprint density at radius 3 is 2.50 bits per heavy atom. The highest BCUT2D eigenvalue weighted by Gasteiger charge is 2.34. The molecule has 2 amide bonds. The van der Waals surface area contributed by atoms with Crippen molar-refractivity contribution < 1.29 is 22.7 Å². The Labute approximate surface area is 198 Å². The van der Waals surface area contributed by atoms with Crippen molar-refractivity contribution in [2.75, 3.05) is 57.1 Å². The molecule has 1 N–H and O–H groups in total. The van der Waals surface area contributed by atoms with Gasteiger partial charge >= 0.3 is 12.2 Å². The smallest absolute Gasteiger partial charge is 0.416 e. The lowest BCUT2D eigenvalue weighted by Gasteiger charge is -2.33. The van der Waals surface area contributed by atoms with Crippen LogP contribution < -0.4 is 15.0 Å². The highest BCUT2D eigenvalue weighted by Crippen LogP contribution is 2.35. The Bertz CT molecular complexity index is 1020. The number of halogens is 3. The summed E-state index contributed by atoms with van der Waals surface area (Å²) < 4.78 is 47.0. The lowest BCUT2D eigenvalue weighted by Crippen LogP contribution is -2.44. The van der Waals surface area contributed by atoms with Crippen LogP contribution in [0.2, 0.25) is 0 Å². The van der Waals surface area contributed by atoms with E-state index in [1.54, 1.807) is 24.1 Å². The molecule has 1 saturated heterocycles. The molecular formula is C25H31F3N4O2. The number of likely N-dealkylation sites (N-methyl/N-ethyl adjacent to an activating group) is 1. The zero-order valence-electron chi connectivity index (χ0n) is 19.6. The molecule has 2 heterocycles. The van der Waals surface area contributed by atoms with E-state index in [1.165, 1.54) is 6.07 Å². The van der Waals surface area contributed by atoms with Crippen molar-refractivity contribution in [3.8, 4) is 5.75 Å². The first-order valence-electron chi connectivity index (χ1n) is 11.6. The molecular weight excluding hydrogens is 445 g/mol. The van der Waals surface area contributed by atoms with Gasteiger partial charge in [0.2, 0.25) is 0 Å². The van der Waals surface area contributed by atoms with Crippen LogP contribution >= 0.6 is 0 Å². The van der Waals surface area contributed by atoms with Crippen molar-refractivity contribution in [3.63, 3.8) is 0 Å². The summed E-state index contributed by atoms with van der Waals surface area (Å²) in [7, 11) is 3.60. The number of aryl methyl sites for hydroxylation is 1. The average molecular weight is 477 g/mol. The Balaban J connectivity index is 1.54. The van der Waals surface area contributed by atoms with E-state index in [9.17, 15) is 18.0 Å². The number of fused-ring (bicyclic) bond motifs is 1. The van der Waals surface area contributed by atoms with Crippen LogP contribution in [0.4, 0.5) is 29.3 Å². The van der Waals surface area contributed by atoms with E-state index in [0.29, 0.717) is 12.3 Å². The molecule has 0 unspecified atom stereocenters. The summed E-state index contributed by atoms with van der Waals surface area (Å²) in [6, 6.07) is 9.20. The summed E-state index contributed by atoms with van der Waals surface area (Å²) in [5.41, 5.74) is 1.41. The average Bonchev–Trinajstić information content (AvgIpc) is 3.02. The first-order valence-corrected chi connectivity index (χ1v) is 11.6. The number of hydrogen-bond acceptors (Lipinski definition) is 4. The molecule has 0 saturated carbocycles. The van der Waals surface area contributed by atoms with Gasteiger partial charge in [0.05, 0.1) is 12.7 Å². The van der Waals surface area contributed by atoms with Crippen molar-refractivity contribution in [1.82, 2.24) is 9.80 Å². The summed E-state index contributed by atoms with van der Waals surface area (Å²) in [5, 5.41) is 2.69. The Morgan fingerprint density at radius 2 is 1.79 bits per heavy atom. The van der Waals surface area contributed by atoms with Crippen LogP contribution in [0.15, 0.2) is 36.4 Å². The fourth-order valence-corrected chi connectivity index (χ4v) is 4.56. The number of anilines is 2. The molecule has 2 aromatic rings. The number of nitrogens with zero attached hydrogens (tertiary/aromatic N) is 3. The summed E-state index contributed by atoms with van der Waals surface area (Å²) >= 11 is 0. The van der Waals surface area contributed by atoms with Crippen molar-refractivity contribution in [2.24, 2.45) is 0 Å². The van der Waals surface area contributed by atoms with Gasteiger partial charge in [-0.3, -0.25) is 9.80 Å². The SMILES string of the molecule is COc1ccc2c(c1)CCCCN2C(=O)Nc1ccc(CN2CCN(C)CC2)c(C(F)(F)F)c1. The maximum Gasteiger partial charge on any atom is 0.416 e. The van der Waals surface area contributed by atoms with Gasteiger partial charge in [0.1, 0.15) is 5.75 Å². The Morgan fingerprint density at radius 1 is 1.03 bits per heavy atom. The molecule has 9 heteroatoms. The number of methoxy groups -OCH3 is 1. The quantitative estimate of drug-likeness (QED) is 0.687. The van der Waals surface area contributed by atoms with E-state index < -0.39 is 17.8 Å². The molecule has 2 aromatic carbocycles. The number of carbonyl (C=O) groups is 1. The number of piperazine rings is 1. The van der Waals surface area contributed by atoms with Gasteiger partial charge in [-0.05, 0) is 67.8 Å². The summed E-state index contributed by atoms with van der Waals surface area (Å²) in [6.45, 7) is 3.85. The van der Waals surface area contributed by atoms with E-state index in [2.05, 4.69) is 10.2 Å². The van der Waals surface area contributed by atoms with E-state index in [4.69, 9.17) is 4.74 Å². The highest BCUT2D eigenvalue weighted by molar-refractivity contribution is 6.02. The van der Waals surface area contributed by atoms with Crippen molar-refractivity contribution in [3.05, 3.63) is 53.1 Å². The van der Waals surface area contributed by atoms with Gasteiger partial charge in [-0.15, -0.1) is 0 Å². The van der Waals surface area contributed by atoms with Crippen molar-refractivity contribution >= 4 is 17.4 Å². The second kappa shape index (κ2) is 10.2. The monoisotopic (exact) mass is 476 g/mol. The number of hydrogen-bond donors (Lipinski definition) is 1. The molecule has 0 radical (unpaired) electrons. The number of ether oxygens (including phenoxy) is 1. The summed E-state index contributed by atoms with van der Waals surface area (Å²) in [4.78, 5) is 18.9. The molecule has 2 aliphatic heterocycles. The zero-order chi connectivity index (χ0) is 24.3.